The number of hydrogen-bond donors (Lipinski definition) is 3. The molecule has 136 valence electrons. The Morgan fingerprint density at radius 3 is 2.40 bits per heavy atom. The molecule has 25 heavy (non-hydrogen) atoms. The number of nitrogens with two attached hydrogens (primary N) is 2. The molecule has 0 radical (unpaired) electrons. The highest BCUT2D eigenvalue weighted by atomic mass is 35.5. The van der Waals surface area contributed by atoms with Crippen LogP contribution in [0.4, 0.5) is 5.82 Å². The van der Waals surface area contributed by atoms with E-state index >= 15 is 0 Å². The number of carbonyl (C=O) groups is 3. The Balaban J connectivity index is 0.00000225. The highest BCUT2D eigenvalue weighted by Crippen LogP contribution is 2.49. The van der Waals surface area contributed by atoms with Crippen molar-refractivity contribution < 1.29 is 14.4 Å². The van der Waals surface area contributed by atoms with Crippen LogP contribution in [-0.4, -0.2) is 41.8 Å². The largest absolute Gasteiger partial charge is 0.369 e. The molecule has 0 saturated heterocycles. The van der Waals surface area contributed by atoms with Gasteiger partial charge < -0.3 is 16.8 Å². The predicted octanol–water partition coefficient (Wildman–Crippen LogP) is -0.0472. The number of anilines is 1. The number of primary amides is 1. The molecular formula is C16H22ClN5O3. The predicted molar refractivity (Wildman–Crippen MR) is 94.2 cm³/mol. The van der Waals surface area contributed by atoms with Crippen molar-refractivity contribution in [3.8, 4) is 0 Å². The topological polar surface area (TPSA) is 131 Å². The average molecular weight is 368 g/mol. The number of carbonyl (C=O) groups excluding carboxylic acids is 3. The monoisotopic (exact) mass is 367 g/mol. The SMILES string of the molecule is Cl.NCCNC(=O)c1ccc(N(C(=O)C2(C(N)=O)CC2)C2CC2)nc1. The molecule has 9 heteroatoms. The van der Waals surface area contributed by atoms with Crippen LogP contribution in [0.25, 0.3) is 0 Å². The van der Waals surface area contributed by atoms with Gasteiger partial charge in [0, 0.05) is 25.3 Å². The van der Waals surface area contributed by atoms with Gasteiger partial charge in [-0.1, -0.05) is 0 Å². The van der Waals surface area contributed by atoms with Crippen LogP contribution in [0.5, 0.6) is 0 Å². The van der Waals surface area contributed by atoms with E-state index in [-0.39, 0.29) is 30.3 Å². The van der Waals surface area contributed by atoms with E-state index in [0.717, 1.165) is 12.8 Å². The van der Waals surface area contributed by atoms with E-state index in [1.807, 2.05) is 0 Å². The molecule has 3 rings (SSSR count). The lowest BCUT2D eigenvalue weighted by atomic mass is 10.0. The van der Waals surface area contributed by atoms with Gasteiger partial charge in [-0.05, 0) is 37.8 Å². The van der Waals surface area contributed by atoms with E-state index in [2.05, 4.69) is 10.3 Å². The van der Waals surface area contributed by atoms with Crippen LogP contribution in [-0.2, 0) is 9.59 Å². The van der Waals surface area contributed by atoms with E-state index in [1.54, 1.807) is 17.0 Å². The van der Waals surface area contributed by atoms with Gasteiger partial charge in [-0.25, -0.2) is 4.98 Å². The Hall–Kier alpha value is -2.19. The van der Waals surface area contributed by atoms with Crippen molar-refractivity contribution in [2.45, 2.75) is 31.7 Å². The van der Waals surface area contributed by atoms with Gasteiger partial charge in [-0.15, -0.1) is 12.4 Å². The Morgan fingerprint density at radius 2 is 1.96 bits per heavy atom. The summed E-state index contributed by atoms with van der Waals surface area (Å²) in [6, 6.07) is 3.30. The normalized spacial score (nSPS) is 17.2. The lowest BCUT2D eigenvalue weighted by Crippen LogP contribution is -2.45. The Morgan fingerprint density at radius 1 is 1.28 bits per heavy atom. The lowest BCUT2D eigenvalue weighted by Gasteiger charge is -2.25. The summed E-state index contributed by atoms with van der Waals surface area (Å²) < 4.78 is 0. The molecule has 0 aliphatic heterocycles. The Bertz CT molecular complexity index is 671. The van der Waals surface area contributed by atoms with Crippen molar-refractivity contribution in [2.24, 2.45) is 16.9 Å². The number of nitrogens with one attached hydrogen (secondary N) is 1. The van der Waals surface area contributed by atoms with Gasteiger partial charge in [0.2, 0.25) is 11.8 Å². The molecule has 1 heterocycles. The molecule has 2 saturated carbocycles. The maximum atomic E-state index is 12.8. The second-order valence-corrected chi connectivity index (χ2v) is 6.30. The van der Waals surface area contributed by atoms with Crippen LogP contribution < -0.4 is 21.7 Å². The Labute approximate surface area is 151 Å². The molecule has 0 atom stereocenters. The number of amides is 3. The van der Waals surface area contributed by atoms with Gasteiger partial charge in [-0.2, -0.15) is 0 Å². The molecule has 2 fully saturated rings. The summed E-state index contributed by atoms with van der Waals surface area (Å²) in [6.07, 6.45) is 4.16. The number of nitrogens with zero attached hydrogens (tertiary/aromatic N) is 2. The van der Waals surface area contributed by atoms with Crippen LogP contribution in [0.1, 0.15) is 36.0 Å². The fourth-order valence-corrected chi connectivity index (χ4v) is 2.66. The molecule has 3 amide bonds. The second-order valence-electron chi connectivity index (χ2n) is 6.30. The zero-order valence-corrected chi connectivity index (χ0v) is 14.6. The average Bonchev–Trinajstić information content (AvgIpc) is 3.46. The summed E-state index contributed by atoms with van der Waals surface area (Å²) in [7, 11) is 0. The molecule has 8 nitrogen and oxygen atoms in total. The molecule has 1 aromatic heterocycles. The third-order valence-corrected chi connectivity index (χ3v) is 4.45. The molecular weight excluding hydrogens is 346 g/mol. The lowest BCUT2D eigenvalue weighted by molar-refractivity contribution is -0.133. The van der Waals surface area contributed by atoms with Gasteiger partial charge >= 0.3 is 0 Å². The fraction of sp³-hybridized carbons (Fsp3) is 0.500. The van der Waals surface area contributed by atoms with Gasteiger partial charge in [-0.3, -0.25) is 19.3 Å². The number of halogens is 1. The minimum atomic E-state index is -1.07. The molecule has 0 unspecified atom stereocenters. The molecule has 2 aliphatic rings. The maximum absolute atomic E-state index is 12.8. The minimum Gasteiger partial charge on any atom is -0.369 e. The second kappa shape index (κ2) is 7.37. The third-order valence-electron chi connectivity index (χ3n) is 4.45. The van der Waals surface area contributed by atoms with Crippen molar-refractivity contribution in [3.05, 3.63) is 23.9 Å². The highest BCUT2D eigenvalue weighted by molar-refractivity contribution is 6.13. The quantitative estimate of drug-likeness (QED) is 0.581. The summed E-state index contributed by atoms with van der Waals surface area (Å²) in [5.41, 5.74) is 10.1. The van der Waals surface area contributed by atoms with E-state index in [9.17, 15) is 14.4 Å². The summed E-state index contributed by atoms with van der Waals surface area (Å²) in [5.74, 6) is -0.661. The summed E-state index contributed by atoms with van der Waals surface area (Å²) in [5, 5.41) is 2.66. The summed E-state index contributed by atoms with van der Waals surface area (Å²) in [6.45, 7) is 0.741. The van der Waals surface area contributed by atoms with Gasteiger partial charge in [0.25, 0.3) is 5.91 Å². The van der Waals surface area contributed by atoms with Gasteiger partial charge in [0.05, 0.1) is 5.56 Å². The molecule has 5 N–H and O–H groups in total. The molecule has 0 bridgehead atoms. The van der Waals surface area contributed by atoms with Crippen molar-refractivity contribution in [3.63, 3.8) is 0 Å². The Kier molecular flexibility index (Phi) is 5.64. The van der Waals surface area contributed by atoms with Crippen molar-refractivity contribution in [1.82, 2.24) is 10.3 Å². The van der Waals surface area contributed by atoms with Crippen LogP contribution in [0.2, 0.25) is 0 Å². The molecule has 0 aromatic carbocycles. The van der Waals surface area contributed by atoms with Gasteiger partial charge in [0.15, 0.2) is 0 Å². The fourth-order valence-electron chi connectivity index (χ4n) is 2.66. The van der Waals surface area contributed by atoms with E-state index in [4.69, 9.17) is 11.5 Å². The summed E-state index contributed by atoms with van der Waals surface area (Å²) in [4.78, 5) is 42.1. The maximum Gasteiger partial charge on any atom is 0.252 e. The number of aromatic nitrogens is 1. The first-order valence-electron chi connectivity index (χ1n) is 8.07. The van der Waals surface area contributed by atoms with Crippen LogP contribution in [0.15, 0.2) is 18.3 Å². The van der Waals surface area contributed by atoms with E-state index in [0.29, 0.717) is 37.3 Å². The third kappa shape index (κ3) is 3.74. The zero-order valence-electron chi connectivity index (χ0n) is 13.7. The van der Waals surface area contributed by atoms with Crippen LogP contribution in [0, 0.1) is 5.41 Å². The smallest absolute Gasteiger partial charge is 0.252 e. The van der Waals surface area contributed by atoms with E-state index in [1.165, 1.54) is 6.20 Å². The molecule has 0 spiro atoms. The number of pyridine rings is 1. The first-order valence-corrected chi connectivity index (χ1v) is 8.07. The van der Waals surface area contributed by atoms with Crippen LogP contribution in [0.3, 0.4) is 0 Å². The highest BCUT2D eigenvalue weighted by Gasteiger charge is 2.58. The minimum absolute atomic E-state index is 0. The van der Waals surface area contributed by atoms with Gasteiger partial charge in [0.1, 0.15) is 11.2 Å². The van der Waals surface area contributed by atoms with Crippen LogP contribution >= 0.6 is 12.4 Å². The summed E-state index contributed by atoms with van der Waals surface area (Å²) >= 11 is 0. The molecule has 2 aliphatic carbocycles. The first-order chi connectivity index (χ1) is 11.5. The standard InChI is InChI=1S/C16H21N5O3.ClH/c17-7-8-19-13(22)10-1-4-12(20-9-10)21(11-2-3-11)15(24)16(5-6-16)14(18)23;/h1,4,9,11H,2-3,5-8,17H2,(H2,18,23)(H,19,22);1H. The van der Waals surface area contributed by atoms with Crippen molar-refractivity contribution in [1.29, 1.82) is 0 Å². The number of rotatable bonds is 7. The van der Waals surface area contributed by atoms with Crippen molar-refractivity contribution in [2.75, 3.05) is 18.0 Å². The van der Waals surface area contributed by atoms with E-state index < -0.39 is 11.3 Å². The van der Waals surface area contributed by atoms with Crippen molar-refractivity contribution >= 4 is 35.9 Å². The molecule has 1 aromatic rings. The number of hydrogen-bond acceptors (Lipinski definition) is 5. The zero-order chi connectivity index (χ0) is 17.3. The first kappa shape index (κ1) is 19.1.